The monoisotopic (exact) mass is 270 g/mol. The lowest BCUT2D eigenvalue weighted by Gasteiger charge is -2.16. The number of nitriles is 1. The minimum Gasteiger partial charge on any atom is -0.475 e. The van der Waals surface area contributed by atoms with E-state index in [0.29, 0.717) is 11.3 Å². The second-order valence-corrected chi connectivity index (χ2v) is 3.96. The number of hydrogen-bond acceptors (Lipinski definition) is 4. The van der Waals surface area contributed by atoms with Crippen molar-refractivity contribution in [2.45, 2.75) is 0 Å². The van der Waals surface area contributed by atoms with Crippen LogP contribution in [0.3, 0.4) is 0 Å². The SMILES string of the molecule is CN(C(=O)c1ccc(C(=O)O)o1)c1ccccc1C#N. The Morgan fingerprint density at radius 1 is 1.20 bits per heavy atom. The number of carboxylic acids is 1. The Morgan fingerprint density at radius 2 is 1.85 bits per heavy atom. The highest BCUT2D eigenvalue weighted by Gasteiger charge is 2.20. The summed E-state index contributed by atoms with van der Waals surface area (Å²) >= 11 is 0. The molecule has 6 heteroatoms. The summed E-state index contributed by atoms with van der Waals surface area (Å²) in [6, 6.07) is 11.1. The maximum absolute atomic E-state index is 12.2. The maximum Gasteiger partial charge on any atom is 0.371 e. The first-order valence-corrected chi connectivity index (χ1v) is 5.65. The van der Waals surface area contributed by atoms with Gasteiger partial charge in [-0.2, -0.15) is 5.26 Å². The van der Waals surface area contributed by atoms with Gasteiger partial charge in [0.05, 0.1) is 11.3 Å². The zero-order chi connectivity index (χ0) is 14.7. The van der Waals surface area contributed by atoms with E-state index in [1.807, 2.05) is 6.07 Å². The number of rotatable bonds is 3. The predicted molar refractivity (Wildman–Crippen MR) is 69.6 cm³/mol. The molecule has 2 rings (SSSR count). The van der Waals surface area contributed by atoms with Crippen molar-refractivity contribution in [3.05, 3.63) is 53.5 Å². The average molecular weight is 270 g/mol. The first kappa shape index (κ1) is 13.4. The molecule has 20 heavy (non-hydrogen) atoms. The van der Waals surface area contributed by atoms with Crippen LogP contribution in [0.2, 0.25) is 0 Å². The number of carbonyl (C=O) groups is 2. The molecule has 100 valence electrons. The molecule has 1 heterocycles. The average Bonchev–Trinajstić information content (AvgIpc) is 2.95. The Balaban J connectivity index is 2.33. The number of nitrogens with zero attached hydrogens (tertiary/aromatic N) is 2. The molecule has 0 aliphatic heterocycles. The second-order valence-electron chi connectivity index (χ2n) is 3.96. The maximum atomic E-state index is 12.2. The van der Waals surface area contributed by atoms with Gasteiger partial charge in [0.25, 0.3) is 5.91 Å². The normalized spacial score (nSPS) is 9.80. The number of anilines is 1. The summed E-state index contributed by atoms with van der Waals surface area (Å²) in [7, 11) is 1.49. The highest BCUT2D eigenvalue weighted by molar-refractivity contribution is 6.05. The smallest absolute Gasteiger partial charge is 0.371 e. The van der Waals surface area contributed by atoms with Crippen molar-refractivity contribution in [2.75, 3.05) is 11.9 Å². The zero-order valence-electron chi connectivity index (χ0n) is 10.5. The molecule has 0 bridgehead atoms. The van der Waals surface area contributed by atoms with Crippen LogP contribution in [0.25, 0.3) is 0 Å². The Labute approximate surface area is 114 Å². The van der Waals surface area contributed by atoms with Crippen molar-refractivity contribution in [1.29, 1.82) is 5.26 Å². The molecule has 1 aromatic carbocycles. The number of benzene rings is 1. The van der Waals surface area contributed by atoms with E-state index in [-0.39, 0.29) is 11.5 Å². The van der Waals surface area contributed by atoms with Gasteiger partial charge in [0.15, 0.2) is 5.76 Å². The summed E-state index contributed by atoms with van der Waals surface area (Å²) in [5.41, 5.74) is 0.765. The van der Waals surface area contributed by atoms with Crippen LogP contribution < -0.4 is 4.90 Å². The molecule has 1 aromatic heterocycles. The molecule has 0 atom stereocenters. The summed E-state index contributed by atoms with van der Waals surface area (Å²) in [6.45, 7) is 0. The fourth-order valence-corrected chi connectivity index (χ4v) is 1.70. The fraction of sp³-hybridized carbons (Fsp3) is 0.0714. The van der Waals surface area contributed by atoms with E-state index in [0.717, 1.165) is 0 Å². The van der Waals surface area contributed by atoms with Gasteiger partial charge in [-0.05, 0) is 24.3 Å². The van der Waals surface area contributed by atoms with Crippen LogP contribution in [0.4, 0.5) is 5.69 Å². The second kappa shape index (κ2) is 5.28. The lowest BCUT2D eigenvalue weighted by Crippen LogP contribution is -2.26. The van der Waals surface area contributed by atoms with E-state index in [1.165, 1.54) is 24.1 Å². The summed E-state index contributed by atoms with van der Waals surface area (Å²) in [6.07, 6.45) is 0. The van der Waals surface area contributed by atoms with Crippen LogP contribution in [0, 0.1) is 11.3 Å². The Hall–Kier alpha value is -3.07. The van der Waals surface area contributed by atoms with Gasteiger partial charge in [0.1, 0.15) is 6.07 Å². The molecule has 1 N–H and O–H groups in total. The summed E-state index contributed by atoms with van der Waals surface area (Å²) < 4.78 is 4.95. The van der Waals surface area contributed by atoms with Gasteiger partial charge in [-0.3, -0.25) is 4.79 Å². The Morgan fingerprint density at radius 3 is 2.45 bits per heavy atom. The standard InChI is InChI=1S/C14H10N2O4/c1-16(10-5-3-2-4-9(10)8-15)13(17)11-6-7-12(20-11)14(18)19/h2-7H,1H3,(H,18,19). The number of para-hydroxylation sites is 1. The first-order chi connectivity index (χ1) is 9.54. The highest BCUT2D eigenvalue weighted by Crippen LogP contribution is 2.21. The van der Waals surface area contributed by atoms with Gasteiger partial charge in [0.2, 0.25) is 5.76 Å². The van der Waals surface area contributed by atoms with Gasteiger partial charge in [-0.15, -0.1) is 0 Å². The van der Waals surface area contributed by atoms with Crippen molar-refractivity contribution < 1.29 is 19.1 Å². The van der Waals surface area contributed by atoms with Gasteiger partial charge < -0.3 is 14.4 Å². The lowest BCUT2D eigenvalue weighted by molar-refractivity contribution is 0.0660. The van der Waals surface area contributed by atoms with E-state index >= 15 is 0 Å². The molecule has 0 radical (unpaired) electrons. The number of carbonyl (C=O) groups excluding carboxylic acids is 1. The first-order valence-electron chi connectivity index (χ1n) is 5.65. The minimum absolute atomic E-state index is 0.0994. The molecule has 0 fully saturated rings. The molecule has 2 aromatic rings. The third-order valence-electron chi connectivity index (χ3n) is 2.72. The van der Waals surface area contributed by atoms with Crippen molar-refractivity contribution in [2.24, 2.45) is 0 Å². The van der Waals surface area contributed by atoms with Crippen LogP contribution in [0.5, 0.6) is 0 Å². The van der Waals surface area contributed by atoms with E-state index < -0.39 is 11.9 Å². The van der Waals surface area contributed by atoms with Gasteiger partial charge in [-0.1, -0.05) is 12.1 Å². The van der Waals surface area contributed by atoms with Crippen LogP contribution >= 0.6 is 0 Å². The van der Waals surface area contributed by atoms with Crippen LogP contribution in [-0.2, 0) is 0 Å². The molecule has 0 spiro atoms. The number of carboxylic acid groups (broad SMARTS) is 1. The van der Waals surface area contributed by atoms with Crippen molar-refractivity contribution >= 4 is 17.6 Å². The Bertz CT molecular complexity index is 712. The van der Waals surface area contributed by atoms with E-state index in [9.17, 15) is 9.59 Å². The van der Waals surface area contributed by atoms with Crippen LogP contribution in [0.1, 0.15) is 26.7 Å². The molecule has 0 aliphatic rings. The van der Waals surface area contributed by atoms with Crippen molar-refractivity contribution in [3.63, 3.8) is 0 Å². The highest BCUT2D eigenvalue weighted by atomic mass is 16.4. The predicted octanol–water partition coefficient (Wildman–Crippen LogP) is 2.13. The molecular formula is C14H10N2O4. The van der Waals surface area contributed by atoms with E-state index in [4.69, 9.17) is 14.8 Å². The molecular weight excluding hydrogens is 260 g/mol. The summed E-state index contributed by atoms with van der Waals surface area (Å²) in [4.78, 5) is 24.1. The van der Waals surface area contributed by atoms with Gasteiger partial charge >= 0.3 is 5.97 Å². The largest absolute Gasteiger partial charge is 0.475 e. The van der Waals surface area contributed by atoms with Gasteiger partial charge in [0, 0.05) is 7.05 Å². The quantitative estimate of drug-likeness (QED) is 0.921. The molecule has 0 saturated carbocycles. The number of hydrogen-bond donors (Lipinski definition) is 1. The van der Waals surface area contributed by atoms with Crippen molar-refractivity contribution in [3.8, 4) is 6.07 Å². The third kappa shape index (κ3) is 2.37. The fourth-order valence-electron chi connectivity index (χ4n) is 1.70. The topological polar surface area (TPSA) is 94.5 Å². The zero-order valence-corrected chi connectivity index (χ0v) is 10.5. The molecule has 6 nitrogen and oxygen atoms in total. The van der Waals surface area contributed by atoms with Crippen LogP contribution in [0.15, 0.2) is 40.8 Å². The third-order valence-corrected chi connectivity index (χ3v) is 2.72. The molecule has 0 saturated heterocycles. The van der Waals surface area contributed by atoms with Crippen LogP contribution in [-0.4, -0.2) is 24.0 Å². The number of furan rings is 1. The van der Waals surface area contributed by atoms with E-state index in [1.54, 1.807) is 24.3 Å². The molecule has 1 amide bonds. The van der Waals surface area contributed by atoms with Gasteiger partial charge in [-0.25, -0.2) is 4.79 Å². The minimum atomic E-state index is -1.25. The lowest BCUT2D eigenvalue weighted by atomic mass is 10.2. The van der Waals surface area contributed by atoms with Crippen molar-refractivity contribution in [1.82, 2.24) is 0 Å². The Kier molecular flexibility index (Phi) is 3.53. The summed E-state index contributed by atoms with van der Waals surface area (Å²) in [5, 5.41) is 17.8. The number of aromatic carboxylic acids is 1. The molecule has 0 aliphatic carbocycles. The molecule has 0 unspecified atom stereocenters. The number of amides is 1. The van der Waals surface area contributed by atoms with E-state index in [2.05, 4.69) is 0 Å². The summed E-state index contributed by atoms with van der Waals surface area (Å²) in [5.74, 6) is -2.18.